The van der Waals surface area contributed by atoms with E-state index in [1.54, 1.807) is 0 Å². The Morgan fingerprint density at radius 2 is 2.12 bits per heavy atom. The fourth-order valence-electron chi connectivity index (χ4n) is 0.933. The van der Waals surface area contributed by atoms with Crippen LogP contribution in [0.1, 0.15) is 19.3 Å². The second kappa shape index (κ2) is 2.02. The lowest BCUT2D eigenvalue weighted by molar-refractivity contribution is 0.327. The Morgan fingerprint density at radius 3 is 2.25 bits per heavy atom. The van der Waals surface area contributed by atoms with Crippen LogP contribution in [0.3, 0.4) is 0 Å². The van der Waals surface area contributed by atoms with Gasteiger partial charge < -0.3 is 5.73 Å². The van der Waals surface area contributed by atoms with E-state index < -0.39 is 0 Å². The second-order valence-electron chi connectivity index (χ2n) is 2.67. The fourth-order valence-corrected chi connectivity index (χ4v) is 0.933. The minimum Gasteiger partial charge on any atom is -0.330 e. The van der Waals surface area contributed by atoms with Crippen LogP contribution in [-0.2, 0) is 0 Å². The largest absolute Gasteiger partial charge is 0.330 e. The average molecular weight is 117 g/mol. The number of hydrogen-bond acceptors (Lipinski definition) is 1. The number of hydrogen-bond donors (Lipinski definition) is 1. The van der Waals surface area contributed by atoms with E-state index in [4.69, 9.17) is 5.73 Å². The van der Waals surface area contributed by atoms with Crippen molar-refractivity contribution in [2.45, 2.75) is 19.3 Å². The molecule has 0 bridgehead atoms. The zero-order valence-electron chi connectivity index (χ0n) is 4.99. The summed E-state index contributed by atoms with van der Waals surface area (Å²) in [6.07, 6.45) is 2.99. The molecule has 0 unspecified atom stereocenters. The Balaban J connectivity index is 2.20. The molecule has 1 fully saturated rings. The third kappa shape index (κ3) is 0.996. The summed E-state index contributed by atoms with van der Waals surface area (Å²) in [6, 6.07) is 0. The van der Waals surface area contributed by atoms with Crippen LogP contribution in [0.4, 0.5) is 4.39 Å². The van der Waals surface area contributed by atoms with E-state index in [9.17, 15) is 4.39 Å². The summed E-state index contributed by atoms with van der Waals surface area (Å²) >= 11 is 0. The topological polar surface area (TPSA) is 26.0 Å². The van der Waals surface area contributed by atoms with Gasteiger partial charge in [0, 0.05) is 0 Å². The zero-order chi connectivity index (χ0) is 6.04. The molecule has 48 valence electrons. The van der Waals surface area contributed by atoms with Crippen molar-refractivity contribution < 1.29 is 4.39 Å². The van der Waals surface area contributed by atoms with Gasteiger partial charge in [-0.15, -0.1) is 0 Å². The highest BCUT2D eigenvalue weighted by atomic mass is 19.1. The van der Waals surface area contributed by atoms with Crippen LogP contribution in [-0.4, -0.2) is 13.2 Å². The van der Waals surface area contributed by atoms with E-state index in [1.807, 2.05) is 0 Å². The normalized spacial score (nSPS) is 23.2. The van der Waals surface area contributed by atoms with E-state index in [2.05, 4.69) is 0 Å². The first-order chi connectivity index (χ1) is 3.83. The van der Waals surface area contributed by atoms with Crippen LogP contribution in [0, 0.1) is 5.41 Å². The first-order valence-corrected chi connectivity index (χ1v) is 3.09. The molecule has 8 heavy (non-hydrogen) atoms. The van der Waals surface area contributed by atoms with Gasteiger partial charge in [0.25, 0.3) is 0 Å². The molecule has 0 amide bonds. The van der Waals surface area contributed by atoms with Crippen LogP contribution < -0.4 is 5.73 Å². The molecule has 0 radical (unpaired) electrons. The minimum atomic E-state index is -0.163. The quantitative estimate of drug-likeness (QED) is 0.588. The zero-order valence-corrected chi connectivity index (χ0v) is 4.99. The van der Waals surface area contributed by atoms with Crippen LogP contribution in [0.2, 0.25) is 0 Å². The number of nitrogens with two attached hydrogens (primary N) is 1. The first-order valence-electron chi connectivity index (χ1n) is 3.09. The SMILES string of the molecule is NCCC1(CF)CC1. The molecule has 0 aromatic heterocycles. The molecule has 0 atom stereocenters. The number of rotatable bonds is 3. The molecule has 0 aliphatic heterocycles. The van der Waals surface area contributed by atoms with E-state index in [0.29, 0.717) is 6.54 Å². The lowest BCUT2D eigenvalue weighted by atomic mass is 10.1. The van der Waals surface area contributed by atoms with Gasteiger partial charge in [-0.05, 0) is 31.2 Å². The second-order valence-corrected chi connectivity index (χ2v) is 2.67. The Labute approximate surface area is 49.1 Å². The summed E-state index contributed by atoms with van der Waals surface area (Å²) in [6.45, 7) is 0.480. The van der Waals surface area contributed by atoms with Crippen molar-refractivity contribution >= 4 is 0 Å². The minimum absolute atomic E-state index is 0.0503. The van der Waals surface area contributed by atoms with Crippen molar-refractivity contribution in [3.63, 3.8) is 0 Å². The Kier molecular flexibility index (Phi) is 1.52. The third-order valence-corrected chi connectivity index (χ3v) is 1.92. The van der Waals surface area contributed by atoms with Crippen LogP contribution >= 0.6 is 0 Å². The van der Waals surface area contributed by atoms with Crippen molar-refractivity contribution in [2.24, 2.45) is 11.1 Å². The third-order valence-electron chi connectivity index (χ3n) is 1.92. The van der Waals surface area contributed by atoms with Crippen molar-refractivity contribution in [2.75, 3.05) is 13.2 Å². The molecule has 1 rings (SSSR count). The molecule has 0 heterocycles. The Bertz CT molecular complexity index is 78.6. The molecule has 2 N–H and O–H groups in total. The predicted octanol–water partition coefficient (Wildman–Crippen LogP) is 1.08. The van der Waals surface area contributed by atoms with Gasteiger partial charge in [0.05, 0.1) is 6.67 Å². The van der Waals surface area contributed by atoms with Gasteiger partial charge in [-0.25, -0.2) is 0 Å². The van der Waals surface area contributed by atoms with Crippen molar-refractivity contribution in [1.82, 2.24) is 0 Å². The van der Waals surface area contributed by atoms with Gasteiger partial charge in [-0.1, -0.05) is 0 Å². The van der Waals surface area contributed by atoms with E-state index in [0.717, 1.165) is 19.3 Å². The van der Waals surface area contributed by atoms with Crippen LogP contribution in [0.15, 0.2) is 0 Å². The van der Waals surface area contributed by atoms with Gasteiger partial charge in [0.1, 0.15) is 0 Å². The monoisotopic (exact) mass is 117 g/mol. The first kappa shape index (κ1) is 6.02. The molecular weight excluding hydrogens is 105 g/mol. The number of halogens is 1. The summed E-state index contributed by atoms with van der Waals surface area (Å²) in [5.41, 5.74) is 5.31. The molecule has 0 aromatic rings. The van der Waals surface area contributed by atoms with Crippen LogP contribution in [0.5, 0.6) is 0 Å². The molecule has 1 saturated carbocycles. The lowest BCUT2D eigenvalue weighted by Crippen LogP contribution is -2.10. The Hall–Kier alpha value is -0.110. The van der Waals surface area contributed by atoms with Gasteiger partial charge in [-0.2, -0.15) is 0 Å². The van der Waals surface area contributed by atoms with Crippen LogP contribution in [0.25, 0.3) is 0 Å². The molecule has 1 aliphatic rings. The summed E-state index contributed by atoms with van der Waals surface area (Å²) in [7, 11) is 0. The van der Waals surface area contributed by atoms with E-state index >= 15 is 0 Å². The molecule has 1 aliphatic carbocycles. The van der Waals surface area contributed by atoms with Gasteiger partial charge in [0.2, 0.25) is 0 Å². The lowest BCUT2D eigenvalue weighted by Gasteiger charge is -2.05. The maximum Gasteiger partial charge on any atom is 0.0951 e. The molecular formula is C6H12FN. The molecule has 2 heteroatoms. The van der Waals surface area contributed by atoms with Gasteiger partial charge >= 0.3 is 0 Å². The van der Waals surface area contributed by atoms with Crippen molar-refractivity contribution in [1.29, 1.82) is 0 Å². The van der Waals surface area contributed by atoms with Gasteiger partial charge in [-0.3, -0.25) is 4.39 Å². The molecule has 0 spiro atoms. The summed E-state index contributed by atoms with van der Waals surface area (Å²) in [5.74, 6) is 0. The summed E-state index contributed by atoms with van der Waals surface area (Å²) in [4.78, 5) is 0. The molecule has 1 nitrogen and oxygen atoms in total. The standard InChI is InChI=1S/C6H12FN/c7-5-6(1-2-6)3-4-8/h1-5,8H2. The average Bonchev–Trinajstić information content (AvgIpc) is 2.50. The van der Waals surface area contributed by atoms with Crippen molar-refractivity contribution in [3.05, 3.63) is 0 Å². The summed E-state index contributed by atoms with van der Waals surface area (Å²) < 4.78 is 12.0. The smallest absolute Gasteiger partial charge is 0.0951 e. The highest BCUT2D eigenvalue weighted by molar-refractivity contribution is 4.92. The maximum absolute atomic E-state index is 12.0. The summed E-state index contributed by atoms with van der Waals surface area (Å²) in [5, 5.41) is 0. The van der Waals surface area contributed by atoms with E-state index in [-0.39, 0.29) is 12.1 Å². The highest BCUT2D eigenvalue weighted by Gasteiger charge is 2.41. The predicted molar refractivity (Wildman–Crippen MR) is 31.3 cm³/mol. The molecule has 0 saturated heterocycles. The Morgan fingerprint density at radius 1 is 1.50 bits per heavy atom. The fraction of sp³-hybridized carbons (Fsp3) is 1.00. The highest BCUT2D eigenvalue weighted by Crippen LogP contribution is 2.48. The van der Waals surface area contributed by atoms with Crippen molar-refractivity contribution in [3.8, 4) is 0 Å². The number of alkyl halides is 1. The van der Waals surface area contributed by atoms with E-state index in [1.165, 1.54) is 0 Å². The maximum atomic E-state index is 12.0. The molecule has 0 aromatic carbocycles. The van der Waals surface area contributed by atoms with Gasteiger partial charge in [0.15, 0.2) is 0 Å².